The number of hydrogen-bond acceptors (Lipinski definition) is 1. The van der Waals surface area contributed by atoms with E-state index in [0.29, 0.717) is 11.8 Å². The minimum atomic E-state index is 0.0777. The predicted octanol–water partition coefficient (Wildman–Crippen LogP) is 15.2. The van der Waals surface area contributed by atoms with Crippen LogP contribution in [0.3, 0.4) is 0 Å². The maximum Gasteiger partial charge on any atom is 0.0543 e. The molecule has 0 amide bonds. The van der Waals surface area contributed by atoms with Gasteiger partial charge in [0.25, 0.3) is 0 Å². The van der Waals surface area contributed by atoms with Gasteiger partial charge in [0.1, 0.15) is 0 Å². The zero-order valence-corrected chi connectivity index (χ0v) is 35.9. The summed E-state index contributed by atoms with van der Waals surface area (Å²) >= 11 is 0. The molecular weight excluding hydrogens is 687 g/mol. The predicted molar refractivity (Wildman–Crippen MR) is 240 cm³/mol. The quantitative estimate of drug-likeness (QED) is 0.177. The summed E-state index contributed by atoms with van der Waals surface area (Å²) in [4.78, 5) is 2.72. The van der Waals surface area contributed by atoms with E-state index in [0.717, 1.165) is 11.8 Å². The molecule has 1 spiro atoms. The molecule has 4 saturated carbocycles. The number of rotatable bonds is 4. The Morgan fingerprint density at radius 3 is 1.42 bits per heavy atom. The van der Waals surface area contributed by atoms with Crippen LogP contribution in [0.1, 0.15) is 147 Å². The molecule has 4 fully saturated rings. The molecule has 0 radical (unpaired) electrons. The van der Waals surface area contributed by atoms with Gasteiger partial charge in [-0.15, -0.1) is 0 Å². The number of fused-ring (bicyclic) bond motifs is 5. The maximum absolute atomic E-state index is 2.72. The molecule has 7 aliphatic carbocycles. The summed E-state index contributed by atoms with van der Waals surface area (Å²) in [6.45, 7) is 19.8. The molecule has 0 aliphatic heterocycles. The van der Waals surface area contributed by atoms with Crippen LogP contribution in [0.5, 0.6) is 0 Å². The van der Waals surface area contributed by atoms with Crippen LogP contribution in [0.4, 0.5) is 17.1 Å². The van der Waals surface area contributed by atoms with Gasteiger partial charge in [-0.3, -0.25) is 0 Å². The van der Waals surface area contributed by atoms with Gasteiger partial charge in [-0.25, -0.2) is 0 Å². The Kier molecular flexibility index (Phi) is 7.58. The topological polar surface area (TPSA) is 3.24 Å². The van der Waals surface area contributed by atoms with Crippen molar-refractivity contribution in [2.24, 2.45) is 23.7 Å². The lowest BCUT2D eigenvalue weighted by Crippen LogP contribution is -2.55. The molecule has 0 saturated heterocycles. The van der Waals surface area contributed by atoms with Crippen LogP contribution in [0.25, 0.3) is 22.3 Å². The van der Waals surface area contributed by atoms with E-state index in [1.165, 1.54) is 119 Å². The van der Waals surface area contributed by atoms with E-state index in [2.05, 4.69) is 163 Å². The Balaban J connectivity index is 1.22. The number of benzene rings is 5. The average Bonchev–Trinajstić information content (AvgIpc) is 3.49. The molecule has 0 aromatic heterocycles. The molecular formula is C56H63N. The molecule has 0 unspecified atom stereocenters. The second-order valence-corrected chi connectivity index (χ2v) is 22.3. The Bertz CT molecular complexity index is 2330. The maximum atomic E-state index is 2.72. The second kappa shape index (κ2) is 12.0. The van der Waals surface area contributed by atoms with Gasteiger partial charge in [0.05, 0.1) is 5.69 Å². The molecule has 292 valence electrons. The van der Waals surface area contributed by atoms with Crippen LogP contribution in [0.15, 0.2) is 103 Å². The van der Waals surface area contributed by atoms with Crippen LogP contribution in [0, 0.1) is 23.7 Å². The van der Waals surface area contributed by atoms with Crippen molar-refractivity contribution in [1.29, 1.82) is 0 Å². The molecule has 12 rings (SSSR count). The molecule has 1 heteroatoms. The Hall–Kier alpha value is -4.10. The summed E-state index contributed by atoms with van der Waals surface area (Å²) < 4.78 is 0. The van der Waals surface area contributed by atoms with E-state index in [-0.39, 0.29) is 27.1 Å². The third kappa shape index (κ3) is 5.05. The zero-order chi connectivity index (χ0) is 39.3. The normalized spacial score (nSPS) is 28.7. The summed E-state index contributed by atoms with van der Waals surface area (Å²) in [5, 5.41) is 0. The Morgan fingerprint density at radius 1 is 0.421 bits per heavy atom. The van der Waals surface area contributed by atoms with Gasteiger partial charge in [-0.1, -0.05) is 128 Å². The molecule has 0 atom stereocenters. The van der Waals surface area contributed by atoms with Gasteiger partial charge in [0, 0.05) is 22.4 Å². The van der Waals surface area contributed by atoms with Crippen molar-refractivity contribution >= 4 is 17.1 Å². The highest BCUT2D eigenvalue weighted by molar-refractivity contribution is 6.01. The largest absolute Gasteiger partial charge is 0.310 e. The molecule has 0 N–H and O–H groups in total. The summed E-state index contributed by atoms with van der Waals surface area (Å²) in [6, 6.07) is 41.5. The lowest BCUT2D eigenvalue weighted by atomic mass is 9.43. The zero-order valence-electron chi connectivity index (χ0n) is 35.9. The molecule has 57 heavy (non-hydrogen) atoms. The number of anilines is 3. The van der Waals surface area contributed by atoms with Crippen molar-refractivity contribution in [3.63, 3.8) is 0 Å². The van der Waals surface area contributed by atoms with Crippen molar-refractivity contribution in [2.75, 3.05) is 4.90 Å². The summed E-state index contributed by atoms with van der Waals surface area (Å²) in [7, 11) is 0. The van der Waals surface area contributed by atoms with Gasteiger partial charge >= 0.3 is 0 Å². The highest BCUT2D eigenvalue weighted by atomic mass is 15.1. The van der Waals surface area contributed by atoms with Crippen molar-refractivity contribution < 1.29 is 0 Å². The summed E-state index contributed by atoms with van der Waals surface area (Å²) in [5.74, 6) is 3.24. The Labute approximate surface area is 343 Å². The second-order valence-electron chi connectivity index (χ2n) is 22.3. The number of hydrogen-bond donors (Lipinski definition) is 0. The van der Waals surface area contributed by atoms with Crippen molar-refractivity contribution in [1.82, 2.24) is 0 Å². The van der Waals surface area contributed by atoms with Gasteiger partial charge in [-0.05, 0) is 184 Å². The van der Waals surface area contributed by atoms with E-state index < -0.39 is 0 Å². The van der Waals surface area contributed by atoms with Crippen LogP contribution in [-0.2, 0) is 27.1 Å². The highest BCUT2D eigenvalue weighted by Gasteiger charge is 2.62. The minimum Gasteiger partial charge on any atom is -0.310 e. The summed E-state index contributed by atoms with van der Waals surface area (Å²) in [6.07, 6.45) is 11.9. The minimum absolute atomic E-state index is 0.0777. The number of nitrogens with zero attached hydrogens (tertiary/aromatic N) is 1. The van der Waals surface area contributed by atoms with Gasteiger partial charge < -0.3 is 4.90 Å². The SMILES string of the molecule is CC1(C)CCC(C)(C)c2cc(N(c3ccc4c(c3)C(C)(C)CCC4(C)C)c3cccc4c3-c3c(-c5ccccc5)cccc3C43C4CC5CC(C4)CC3C5)ccc21. The lowest BCUT2D eigenvalue weighted by molar-refractivity contribution is -0.0399. The molecule has 0 heterocycles. The third-order valence-electron chi connectivity index (χ3n) is 17.2. The highest BCUT2D eigenvalue weighted by Crippen LogP contribution is 2.71. The third-order valence-corrected chi connectivity index (χ3v) is 17.2. The van der Waals surface area contributed by atoms with Crippen molar-refractivity contribution in [3.8, 4) is 22.3 Å². The standard InChI is InChI=1S/C56H63N/c1-52(2)24-26-54(5,6)47-33-40(20-22-43(47)52)57(41-21-23-44-48(34-41)55(7,8)27-25-53(44,3)4)49-19-13-18-46-51(49)50-42(37-14-10-9-11-15-37)16-12-17-45(50)56(46)38-29-35-28-36(31-38)32-39(56)30-35/h9-23,33-36,38-39H,24-32H2,1-8H3. The average molecular weight is 750 g/mol. The lowest BCUT2D eigenvalue weighted by Gasteiger charge is -2.61. The van der Waals surface area contributed by atoms with E-state index in [9.17, 15) is 0 Å². The fraction of sp³-hybridized carbons (Fsp3) is 0.464. The fourth-order valence-corrected chi connectivity index (χ4v) is 14.2. The molecule has 4 bridgehead atoms. The fourth-order valence-electron chi connectivity index (χ4n) is 14.2. The van der Waals surface area contributed by atoms with E-state index in [4.69, 9.17) is 0 Å². The van der Waals surface area contributed by atoms with Gasteiger partial charge in [-0.2, -0.15) is 0 Å². The smallest absolute Gasteiger partial charge is 0.0543 e. The Morgan fingerprint density at radius 2 is 0.895 bits per heavy atom. The van der Waals surface area contributed by atoms with Gasteiger partial charge in [0.2, 0.25) is 0 Å². The first-order chi connectivity index (χ1) is 27.2. The van der Waals surface area contributed by atoms with Crippen LogP contribution >= 0.6 is 0 Å². The first-order valence-corrected chi connectivity index (χ1v) is 22.6. The van der Waals surface area contributed by atoms with E-state index >= 15 is 0 Å². The van der Waals surface area contributed by atoms with Crippen LogP contribution in [-0.4, -0.2) is 0 Å². The first kappa shape index (κ1) is 36.0. The summed E-state index contributed by atoms with van der Waals surface area (Å²) in [5.41, 5.74) is 19.7. The monoisotopic (exact) mass is 749 g/mol. The van der Waals surface area contributed by atoms with Crippen LogP contribution in [0.2, 0.25) is 0 Å². The van der Waals surface area contributed by atoms with E-state index in [1.54, 1.807) is 11.1 Å². The first-order valence-electron chi connectivity index (χ1n) is 22.6. The molecule has 1 nitrogen and oxygen atoms in total. The van der Waals surface area contributed by atoms with Crippen molar-refractivity contribution in [2.45, 2.75) is 140 Å². The van der Waals surface area contributed by atoms with Crippen LogP contribution < -0.4 is 4.90 Å². The van der Waals surface area contributed by atoms with Crippen molar-refractivity contribution in [3.05, 3.63) is 137 Å². The van der Waals surface area contributed by atoms with E-state index in [1.807, 2.05) is 0 Å². The molecule has 7 aliphatic rings. The molecule has 5 aromatic rings. The molecule has 5 aromatic carbocycles. The van der Waals surface area contributed by atoms with Gasteiger partial charge in [0.15, 0.2) is 0 Å².